The van der Waals surface area contributed by atoms with Crippen LogP contribution in [0.15, 0.2) is 48.9 Å². The molecule has 0 unspecified atom stereocenters. The number of hydrogen-bond donors (Lipinski definition) is 1. The Morgan fingerprint density at radius 2 is 2.10 bits per heavy atom. The standard InChI is InChI=1S/C15H14N4OS/c1-19-10-12(8-17-19)14(20)18-15-16-9-13(21-15)7-11-5-3-2-4-6-11/h2-6,8-10H,7H2,1H3,(H,16,18,20). The molecule has 1 N–H and O–H groups in total. The summed E-state index contributed by atoms with van der Waals surface area (Å²) >= 11 is 1.49. The number of amides is 1. The van der Waals surface area contributed by atoms with Gasteiger partial charge in [0, 0.05) is 30.7 Å². The second kappa shape index (κ2) is 5.88. The number of nitrogens with one attached hydrogen (secondary N) is 1. The lowest BCUT2D eigenvalue weighted by Gasteiger charge is -1.98. The Kier molecular flexibility index (Phi) is 3.79. The summed E-state index contributed by atoms with van der Waals surface area (Å²) in [6.45, 7) is 0. The molecule has 1 amide bonds. The molecule has 0 radical (unpaired) electrons. The van der Waals surface area contributed by atoms with Gasteiger partial charge in [-0.15, -0.1) is 11.3 Å². The third-order valence-corrected chi connectivity index (χ3v) is 3.88. The van der Waals surface area contributed by atoms with E-state index in [-0.39, 0.29) is 5.91 Å². The highest BCUT2D eigenvalue weighted by Gasteiger charge is 2.10. The molecule has 0 spiro atoms. The first-order chi connectivity index (χ1) is 10.2. The van der Waals surface area contributed by atoms with E-state index in [1.54, 1.807) is 24.1 Å². The zero-order chi connectivity index (χ0) is 14.7. The van der Waals surface area contributed by atoms with Gasteiger partial charge in [-0.25, -0.2) is 4.98 Å². The maximum atomic E-state index is 12.0. The van der Waals surface area contributed by atoms with Crippen molar-refractivity contribution in [1.82, 2.24) is 14.8 Å². The molecule has 0 aliphatic heterocycles. The molecule has 0 saturated carbocycles. The number of carbonyl (C=O) groups excluding carboxylic acids is 1. The fraction of sp³-hybridized carbons (Fsp3) is 0.133. The van der Waals surface area contributed by atoms with Crippen LogP contribution in [0.25, 0.3) is 0 Å². The van der Waals surface area contributed by atoms with Crippen LogP contribution in [-0.2, 0) is 13.5 Å². The molecule has 6 heteroatoms. The molecule has 0 atom stereocenters. The molecule has 21 heavy (non-hydrogen) atoms. The number of rotatable bonds is 4. The van der Waals surface area contributed by atoms with Crippen molar-refractivity contribution in [2.24, 2.45) is 7.05 Å². The van der Waals surface area contributed by atoms with Crippen molar-refractivity contribution in [1.29, 1.82) is 0 Å². The van der Waals surface area contributed by atoms with Crippen LogP contribution in [0.2, 0.25) is 0 Å². The maximum Gasteiger partial charge on any atom is 0.260 e. The van der Waals surface area contributed by atoms with E-state index in [0.717, 1.165) is 11.3 Å². The lowest BCUT2D eigenvalue weighted by atomic mass is 10.1. The lowest BCUT2D eigenvalue weighted by molar-refractivity contribution is 0.102. The quantitative estimate of drug-likeness (QED) is 0.805. The zero-order valence-electron chi connectivity index (χ0n) is 11.5. The summed E-state index contributed by atoms with van der Waals surface area (Å²) in [7, 11) is 1.78. The first-order valence-corrected chi connectivity index (χ1v) is 7.31. The van der Waals surface area contributed by atoms with E-state index in [1.807, 2.05) is 18.2 Å². The number of benzene rings is 1. The molecule has 3 aromatic rings. The molecule has 0 bridgehead atoms. The SMILES string of the molecule is Cn1cc(C(=O)Nc2ncc(Cc3ccccc3)s2)cn1. The Morgan fingerprint density at radius 1 is 1.29 bits per heavy atom. The monoisotopic (exact) mass is 298 g/mol. The van der Waals surface area contributed by atoms with E-state index in [1.165, 1.54) is 23.1 Å². The lowest BCUT2D eigenvalue weighted by Crippen LogP contribution is -2.10. The molecule has 5 nitrogen and oxygen atoms in total. The normalized spacial score (nSPS) is 10.5. The molecule has 1 aromatic carbocycles. The second-order valence-electron chi connectivity index (χ2n) is 4.65. The van der Waals surface area contributed by atoms with Crippen LogP contribution in [0.1, 0.15) is 20.8 Å². The predicted octanol–water partition coefficient (Wildman–Crippen LogP) is 2.72. The molecular weight excluding hydrogens is 284 g/mol. The number of carbonyl (C=O) groups is 1. The number of aromatic nitrogens is 3. The van der Waals surface area contributed by atoms with Crippen molar-refractivity contribution in [3.8, 4) is 0 Å². The third-order valence-electron chi connectivity index (χ3n) is 2.96. The number of anilines is 1. The zero-order valence-corrected chi connectivity index (χ0v) is 12.3. The van der Waals surface area contributed by atoms with Gasteiger partial charge >= 0.3 is 0 Å². The molecule has 3 rings (SSSR count). The summed E-state index contributed by atoms with van der Waals surface area (Å²) in [5, 5.41) is 7.38. The van der Waals surface area contributed by atoms with Crippen molar-refractivity contribution < 1.29 is 4.79 Å². The minimum Gasteiger partial charge on any atom is -0.298 e. The summed E-state index contributed by atoms with van der Waals surface area (Å²) in [4.78, 5) is 17.4. The average Bonchev–Trinajstić information content (AvgIpc) is 3.09. The highest BCUT2D eigenvalue weighted by atomic mass is 32.1. The minimum absolute atomic E-state index is 0.191. The molecule has 2 heterocycles. The van der Waals surface area contributed by atoms with E-state index in [9.17, 15) is 4.79 Å². The van der Waals surface area contributed by atoms with Gasteiger partial charge in [-0.3, -0.25) is 14.8 Å². The van der Waals surface area contributed by atoms with Crippen molar-refractivity contribution in [2.45, 2.75) is 6.42 Å². The fourth-order valence-electron chi connectivity index (χ4n) is 1.95. The first kappa shape index (κ1) is 13.5. The van der Waals surface area contributed by atoms with Crippen LogP contribution in [0.3, 0.4) is 0 Å². The van der Waals surface area contributed by atoms with Gasteiger partial charge in [0.1, 0.15) is 0 Å². The predicted molar refractivity (Wildman–Crippen MR) is 82.5 cm³/mol. The average molecular weight is 298 g/mol. The smallest absolute Gasteiger partial charge is 0.260 e. The topological polar surface area (TPSA) is 59.8 Å². The van der Waals surface area contributed by atoms with Crippen molar-refractivity contribution in [2.75, 3.05) is 5.32 Å². The Bertz CT molecular complexity index is 748. The van der Waals surface area contributed by atoms with Gasteiger partial charge in [-0.05, 0) is 5.56 Å². The van der Waals surface area contributed by atoms with E-state index >= 15 is 0 Å². The number of nitrogens with zero attached hydrogens (tertiary/aromatic N) is 3. The Labute approximate surface area is 126 Å². The number of thiazole rings is 1. The molecule has 106 valence electrons. The summed E-state index contributed by atoms with van der Waals surface area (Å²) in [5.74, 6) is -0.191. The fourth-order valence-corrected chi connectivity index (χ4v) is 2.79. The van der Waals surface area contributed by atoms with Crippen molar-refractivity contribution in [3.05, 3.63) is 64.9 Å². The van der Waals surface area contributed by atoms with Gasteiger partial charge in [0.25, 0.3) is 5.91 Å². The highest BCUT2D eigenvalue weighted by Crippen LogP contribution is 2.21. The van der Waals surface area contributed by atoms with Gasteiger partial charge < -0.3 is 0 Å². The Hall–Kier alpha value is -2.47. The summed E-state index contributed by atoms with van der Waals surface area (Å²) in [6, 6.07) is 10.2. The van der Waals surface area contributed by atoms with Gasteiger partial charge in [0.2, 0.25) is 0 Å². The molecule has 2 aromatic heterocycles. The van der Waals surface area contributed by atoms with Crippen LogP contribution in [0.4, 0.5) is 5.13 Å². The van der Waals surface area contributed by atoms with Crippen LogP contribution in [0.5, 0.6) is 0 Å². The largest absolute Gasteiger partial charge is 0.298 e. The van der Waals surface area contributed by atoms with E-state index < -0.39 is 0 Å². The van der Waals surface area contributed by atoms with Gasteiger partial charge in [0.15, 0.2) is 5.13 Å². The van der Waals surface area contributed by atoms with Gasteiger partial charge in [-0.1, -0.05) is 30.3 Å². The van der Waals surface area contributed by atoms with Crippen molar-refractivity contribution in [3.63, 3.8) is 0 Å². The van der Waals surface area contributed by atoms with Crippen molar-refractivity contribution >= 4 is 22.4 Å². The molecule has 0 aliphatic rings. The van der Waals surface area contributed by atoms with Crippen LogP contribution in [0, 0.1) is 0 Å². The number of aryl methyl sites for hydroxylation is 1. The Morgan fingerprint density at radius 3 is 2.81 bits per heavy atom. The number of hydrogen-bond acceptors (Lipinski definition) is 4. The minimum atomic E-state index is -0.191. The van der Waals surface area contributed by atoms with E-state index in [4.69, 9.17) is 0 Å². The summed E-state index contributed by atoms with van der Waals surface area (Å²) in [5.41, 5.74) is 1.75. The highest BCUT2D eigenvalue weighted by molar-refractivity contribution is 7.15. The van der Waals surface area contributed by atoms with Gasteiger partial charge in [0.05, 0.1) is 11.8 Å². The molecular formula is C15H14N4OS. The Balaban J connectivity index is 1.66. The molecule has 0 fully saturated rings. The van der Waals surface area contributed by atoms with Crippen LogP contribution >= 0.6 is 11.3 Å². The van der Waals surface area contributed by atoms with Gasteiger partial charge in [-0.2, -0.15) is 5.10 Å². The molecule has 0 saturated heterocycles. The second-order valence-corrected chi connectivity index (χ2v) is 5.77. The maximum absolute atomic E-state index is 12.0. The van der Waals surface area contributed by atoms with E-state index in [2.05, 4.69) is 27.5 Å². The van der Waals surface area contributed by atoms with E-state index in [0.29, 0.717) is 10.7 Å². The van der Waals surface area contributed by atoms with Crippen LogP contribution in [-0.4, -0.2) is 20.7 Å². The molecule has 0 aliphatic carbocycles. The summed E-state index contributed by atoms with van der Waals surface area (Å²) < 4.78 is 1.59. The summed E-state index contributed by atoms with van der Waals surface area (Å²) in [6.07, 6.45) is 5.83. The first-order valence-electron chi connectivity index (χ1n) is 6.49. The van der Waals surface area contributed by atoms with Crippen LogP contribution < -0.4 is 5.32 Å². The third kappa shape index (κ3) is 3.35.